The van der Waals surface area contributed by atoms with Crippen LogP contribution >= 0.6 is 11.8 Å². The maximum absolute atomic E-state index is 13.1. The number of carbonyl (C=O) groups is 2. The first-order valence-corrected chi connectivity index (χ1v) is 12.1. The van der Waals surface area contributed by atoms with Crippen LogP contribution in [0.25, 0.3) is 0 Å². The van der Waals surface area contributed by atoms with Gasteiger partial charge in [0.25, 0.3) is 0 Å². The normalized spacial score (nSPS) is 15.3. The third kappa shape index (κ3) is 7.39. The van der Waals surface area contributed by atoms with E-state index in [1.54, 1.807) is 17.0 Å². The number of rotatable bonds is 9. The fraction of sp³-hybridized carbons (Fsp3) is 0.440. The van der Waals surface area contributed by atoms with Gasteiger partial charge in [0, 0.05) is 18.3 Å². The maximum atomic E-state index is 13.1. The molecule has 1 fully saturated rings. The molecular formula is C25H31FN2O2S. The number of benzene rings is 2. The molecule has 6 heteroatoms. The van der Waals surface area contributed by atoms with Crippen molar-refractivity contribution in [2.24, 2.45) is 0 Å². The Kier molecular flexibility index (Phi) is 8.95. The van der Waals surface area contributed by atoms with E-state index < -0.39 is 6.04 Å². The average Bonchev–Trinajstić information content (AvgIpc) is 2.79. The highest BCUT2D eigenvalue weighted by atomic mass is 32.2. The van der Waals surface area contributed by atoms with Gasteiger partial charge in [0.05, 0.1) is 5.75 Å². The Balaban J connectivity index is 1.61. The van der Waals surface area contributed by atoms with E-state index >= 15 is 0 Å². The van der Waals surface area contributed by atoms with E-state index in [-0.39, 0.29) is 29.4 Å². The molecule has 1 atom stereocenters. The summed E-state index contributed by atoms with van der Waals surface area (Å²) in [5.41, 5.74) is 1.97. The number of hydrogen-bond acceptors (Lipinski definition) is 3. The van der Waals surface area contributed by atoms with Crippen molar-refractivity contribution in [2.45, 2.75) is 63.4 Å². The Morgan fingerprint density at radius 3 is 2.39 bits per heavy atom. The quantitative estimate of drug-likeness (QED) is 0.599. The Hall–Kier alpha value is -2.34. The van der Waals surface area contributed by atoms with Gasteiger partial charge in [-0.1, -0.05) is 61.7 Å². The molecule has 2 amide bonds. The van der Waals surface area contributed by atoms with E-state index in [1.165, 1.54) is 30.3 Å². The third-order valence-corrected chi connectivity index (χ3v) is 6.71. The second-order valence-corrected chi connectivity index (χ2v) is 9.13. The average molecular weight is 443 g/mol. The molecule has 0 aliphatic heterocycles. The van der Waals surface area contributed by atoms with Gasteiger partial charge in [-0.05, 0) is 43.0 Å². The van der Waals surface area contributed by atoms with Crippen LogP contribution in [-0.4, -0.2) is 34.6 Å². The topological polar surface area (TPSA) is 49.4 Å². The van der Waals surface area contributed by atoms with E-state index in [9.17, 15) is 14.0 Å². The molecule has 1 aliphatic rings. The Bertz CT molecular complexity index is 838. The van der Waals surface area contributed by atoms with Gasteiger partial charge in [0.15, 0.2) is 0 Å². The van der Waals surface area contributed by atoms with Crippen LogP contribution in [0.15, 0.2) is 54.6 Å². The summed E-state index contributed by atoms with van der Waals surface area (Å²) < 4.78 is 13.1. The minimum Gasteiger partial charge on any atom is -0.352 e. The molecule has 1 N–H and O–H groups in total. The lowest BCUT2D eigenvalue weighted by Gasteiger charge is -2.31. The van der Waals surface area contributed by atoms with Crippen LogP contribution in [0.4, 0.5) is 4.39 Å². The number of amides is 2. The molecule has 0 spiro atoms. The molecule has 0 unspecified atom stereocenters. The number of halogens is 1. The zero-order valence-electron chi connectivity index (χ0n) is 18.1. The van der Waals surface area contributed by atoms with Crippen molar-refractivity contribution in [3.63, 3.8) is 0 Å². The van der Waals surface area contributed by atoms with Crippen LogP contribution in [0.5, 0.6) is 0 Å². The van der Waals surface area contributed by atoms with E-state index in [0.29, 0.717) is 12.3 Å². The van der Waals surface area contributed by atoms with E-state index in [0.717, 1.165) is 36.8 Å². The highest BCUT2D eigenvalue weighted by Gasteiger charge is 2.27. The number of thioether (sulfide) groups is 1. The first-order chi connectivity index (χ1) is 15.0. The molecule has 166 valence electrons. The van der Waals surface area contributed by atoms with Crippen LogP contribution in [0.2, 0.25) is 0 Å². The predicted molar refractivity (Wildman–Crippen MR) is 124 cm³/mol. The zero-order valence-corrected chi connectivity index (χ0v) is 18.9. The van der Waals surface area contributed by atoms with Crippen molar-refractivity contribution in [3.05, 3.63) is 71.5 Å². The van der Waals surface area contributed by atoms with Gasteiger partial charge < -0.3 is 10.2 Å². The summed E-state index contributed by atoms with van der Waals surface area (Å²) in [7, 11) is 0. The maximum Gasteiger partial charge on any atom is 0.242 e. The molecular weight excluding hydrogens is 411 g/mol. The zero-order chi connectivity index (χ0) is 22.1. The highest BCUT2D eigenvalue weighted by Crippen LogP contribution is 2.19. The molecule has 31 heavy (non-hydrogen) atoms. The molecule has 1 aliphatic carbocycles. The summed E-state index contributed by atoms with van der Waals surface area (Å²) in [4.78, 5) is 27.7. The van der Waals surface area contributed by atoms with Crippen molar-refractivity contribution in [3.8, 4) is 0 Å². The van der Waals surface area contributed by atoms with Crippen molar-refractivity contribution in [2.75, 3.05) is 5.75 Å². The number of carbonyl (C=O) groups excluding carboxylic acids is 2. The second-order valence-electron chi connectivity index (χ2n) is 8.15. The van der Waals surface area contributed by atoms with Crippen LogP contribution in [0.1, 0.15) is 50.2 Å². The van der Waals surface area contributed by atoms with Gasteiger partial charge in [0.1, 0.15) is 11.9 Å². The SMILES string of the molecule is C[C@H](C(=O)NC1CCCCC1)N(Cc1ccccc1)C(=O)CSCc1ccc(F)cc1. The molecule has 3 rings (SSSR count). The van der Waals surface area contributed by atoms with E-state index in [2.05, 4.69) is 5.32 Å². The molecule has 0 aromatic heterocycles. The standard InChI is InChI=1S/C25H31FN2O2S/c1-19(25(30)27-23-10-6-3-7-11-23)28(16-20-8-4-2-5-9-20)24(29)18-31-17-21-12-14-22(26)15-13-21/h2,4-5,8-9,12-15,19,23H,3,6-7,10-11,16-18H2,1H3,(H,27,30)/t19-/m1/s1. The largest absolute Gasteiger partial charge is 0.352 e. The second kappa shape index (κ2) is 11.9. The van der Waals surface area contributed by atoms with Crippen molar-refractivity contribution < 1.29 is 14.0 Å². The number of nitrogens with zero attached hydrogens (tertiary/aromatic N) is 1. The fourth-order valence-corrected chi connectivity index (χ4v) is 4.72. The van der Waals surface area contributed by atoms with Gasteiger partial charge >= 0.3 is 0 Å². The lowest BCUT2D eigenvalue weighted by molar-refractivity contribution is -0.139. The van der Waals surface area contributed by atoms with Crippen molar-refractivity contribution >= 4 is 23.6 Å². The third-order valence-electron chi connectivity index (χ3n) is 5.72. The molecule has 0 radical (unpaired) electrons. The Labute approximate surface area is 188 Å². The summed E-state index contributed by atoms with van der Waals surface area (Å²) in [6.45, 7) is 2.21. The molecule has 0 heterocycles. The summed E-state index contributed by atoms with van der Waals surface area (Å²) >= 11 is 1.48. The minimum atomic E-state index is -0.541. The highest BCUT2D eigenvalue weighted by molar-refractivity contribution is 7.99. The van der Waals surface area contributed by atoms with Gasteiger partial charge in [-0.2, -0.15) is 0 Å². The lowest BCUT2D eigenvalue weighted by atomic mass is 9.95. The van der Waals surface area contributed by atoms with E-state index in [1.807, 2.05) is 37.3 Å². The molecule has 1 saturated carbocycles. The summed E-state index contributed by atoms with van der Waals surface area (Å²) in [6.07, 6.45) is 5.54. The molecule has 0 bridgehead atoms. The monoisotopic (exact) mass is 442 g/mol. The smallest absolute Gasteiger partial charge is 0.242 e. The van der Waals surface area contributed by atoms with E-state index in [4.69, 9.17) is 0 Å². The van der Waals surface area contributed by atoms with Crippen LogP contribution in [0, 0.1) is 5.82 Å². The number of hydrogen-bond donors (Lipinski definition) is 1. The van der Waals surface area contributed by atoms with Gasteiger partial charge in [0.2, 0.25) is 11.8 Å². The predicted octanol–water partition coefficient (Wildman–Crippen LogP) is 4.93. The minimum absolute atomic E-state index is 0.0674. The first-order valence-electron chi connectivity index (χ1n) is 11.0. The lowest BCUT2D eigenvalue weighted by Crippen LogP contribution is -2.50. The fourth-order valence-electron chi connectivity index (χ4n) is 3.85. The summed E-state index contributed by atoms with van der Waals surface area (Å²) in [6, 6.07) is 15.7. The summed E-state index contributed by atoms with van der Waals surface area (Å²) in [5.74, 6) is 0.470. The number of nitrogens with one attached hydrogen (secondary N) is 1. The summed E-state index contributed by atoms with van der Waals surface area (Å²) in [5, 5.41) is 3.15. The van der Waals surface area contributed by atoms with Crippen molar-refractivity contribution in [1.82, 2.24) is 10.2 Å². The molecule has 0 saturated heterocycles. The van der Waals surface area contributed by atoms with Crippen LogP contribution in [0.3, 0.4) is 0 Å². The van der Waals surface area contributed by atoms with Crippen LogP contribution in [-0.2, 0) is 21.9 Å². The van der Waals surface area contributed by atoms with Gasteiger partial charge in [-0.15, -0.1) is 11.8 Å². The van der Waals surface area contributed by atoms with Gasteiger partial charge in [-0.25, -0.2) is 4.39 Å². The van der Waals surface area contributed by atoms with Crippen molar-refractivity contribution in [1.29, 1.82) is 0 Å². The first kappa shape index (κ1) is 23.3. The molecule has 4 nitrogen and oxygen atoms in total. The Morgan fingerprint density at radius 2 is 1.71 bits per heavy atom. The Morgan fingerprint density at radius 1 is 1.03 bits per heavy atom. The van der Waals surface area contributed by atoms with Crippen LogP contribution < -0.4 is 5.32 Å². The molecule has 2 aromatic rings. The van der Waals surface area contributed by atoms with Gasteiger partial charge in [-0.3, -0.25) is 9.59 Å². The molecule has 2 aromatic carbocycles.